The number of hydrogen-bond donors (Lipinski definition) is 0. The first-order valence-corrected chi connectivity index (χ1v) is 11.9. The van der Waals surface area contributed by atoms with Crippen molar-refractivity contribution < 1.29 is 30.7 Å². The number of alkyl halides is 3. The molecular formula is C25H24F4O3S. The number of benzene rings is 3. The molecule has 0 spiro atoms. The highest BCUT2D eigenvalue weighted by Gasteiger charge is 2.32. The zero-order valence-corrected chi connectivity index (χ0v) is 19.4. The zero-order valence-electron chi connectivity index (χ0n) is 18.6. The maximum absolute atomic E-state index is 14.5. The van der Waals surface area contributed by atoms with Gasteiger partial charge < -0.3 is 4.74 Å². The highest BCUT2D eigenvalue weighted by molar-refractivity contribution is 7.90. The summed E-state index contributed by atoms with van der Waals surface area (Å²) in [4.78, 5) is 0.00500. The number of hydrogen-bond acceptors (Lipinski definition) is 3. The third kappa shape index (κ3) is 5.38. The lowest BCUT2D eigenvalue weighted by molar-refractivity contribution is -0.137. The van der Waals surface area contributed by atoms with Crippen molar-refractivity contribution in [1.29, 1.82) is 0 Å². The molecule has 8 heteroatoms. The number of halogens is 4. The van der Waals surface area contributed by atoms with E-state index < -0.39 is 33.1 Å². The Bertz CT molecular complexity index is 1260. The Labute approximate surface area is 191 Å². The average molecular weight is 481 g/mol. The SMILES string of the molecule is COc1cc(F)c(C(C)C)cc1-c1ccc(C(F)(F)F)cc1CS(=O)(=O)c1ccc(C)cc1. The zero-order chi connectivity index (χ0) is 24.6. The van der Waals surface area contributed by atoms with Crippen LogP contribution in [0, 0.1) is 12.7 Å². The Morgan fingerprint density at radius 2 is 1.58 bits per heavy atom. The Morgan fingerprint density at radius 3 is 2.12 bits per heavy atom. The molecule has 3 aromatic carbocycles. The highest BCUT2D eigenvalue weighted by atomic mass is 32.2. The monoisotopic (exact) mass is 480 g/mol. The lowest BCUT2D eigenvalue weighted by atomic mass is 9.93. The van der Waals surface area contributed by atoms with Crippen molar-refractivity contribution in [3.05, 3.63) is 82.7 Å². The van der Waals surface area contributed by atoms with Crippen molar-refractivity contribution in [2.75, 3.05) is 7.11 Å². The molecule has 0 aliphatic carbocycles. The topological polar surface area (TPSA) is 43.4 Å². The molecule has 0 aromatic heterocycles. The predicted molar refractivity (Wildman–Crippen MR) is 120 cm³/mol. The molecule has 0 saturated heterocycles. The molecule has 0 radical (unpaired) electrons. The van der Waals surface area contributed by atoms with Gasteiger partial charge in [0.1, 0.15) is 11.6 Å². The van der Waals surface area contributed by atoms with Gasteiger partial charge in [-0.1, -0.05) is 37.6 Å². The smallest absolute Gasteiger partial charge is 0.416 e. The van der Waals surface area contributed by atoms with Gasteiger partial charge in [0.25, 0.3) is 0 Å². The van der Waals surface area contributed by atoms with E-state index in [4.69, 9.17) is 4.74 Å². The lowest BCUT2D eigenvalue weighted by Crippen LogP contribution is -2.10. The van der Waals surface area contributed by atoms with Gasteiger partial charge in [-0.15, -0.1) is 0 Å². The molecule has 0 aliphatic heterocycles. The van der Waals surface area contributed by atoms with Crippen molar-refractivity contribution in [2.45, 2.75) is 43.5 Å². The van der Waals surface area contributed by atoms with Crippen LogP contribution in [0.1, 0.15) is 42.0 Å². The molecule has 0 fully saturated rings. The quantitative estimate of drug-likeness (QED) is 0.360. The molecule has 0 heterocycles. The standard InChI is InChI=1S/C25H24F4O3S/c1-15(2)21-12-22(24(32-4)13-23(21)26)20-10-7-18(25(27,28)29)11-17(20)14-33(30,31)19-8-5-16(3)6-9-19/h5-13,15H,14H2,1-4H3. The van der Waals surface area contributed by atoms with Crippen LogP contribution in [0.15, 0.2) is 59.5 Å². The predicted octanol–water partition coefficient (Wildman–Crippen LogP) is 6.93. The summed E-state index contributed by atoms with van der Waals surface area (Å²) in [6.07, 6.45) is -4.66. The van der Waals surface area contributed by atoms with Crippen LogP contribution in [0.25, 0.3) is 11.1 Å². The van der Waals surface area contributed by atoms with Gasteiger partial charge >= 0.3 is 6.18 Å². The molecule has 0 bridgehead atoms. The summed E-state index contributed by atoms with van der Waals surface area (Å²) >= 11 is 0. The van der Waals surface area contributed by atoms with E-state index in [1.54, 1.807) is 32.9 Å². The molecule has 0 N–H and O–H groups in total. The van der Waals surface area contributed by atoms with E-state index >= 15 is 0 Å². The molecule has 0 aliphatic rings. The Kier molecular flexibility index (Phi) is 6.88. The van der Waals surface area contributed by atoms with Crippen LogP contribution in [0.3, 0.4) is 0 Å². The van der Waals surface area contributed by atoms with Crippen molar-refractivity contribution in [3.63, 3.8) is 0 Å². The van der Waals surface area contributed by atoms with E-state index in [0.29, 0.717) is 11.1 Å². The summed E-state index contributed by atoms with van der Waals surface area (Å²) in [7, 11) is -2.64. The second kappa shape index (κ2) is 9.17. The van der Waals surface area contributed by atoms with Gasteiger partial charge in [0.05, 0.1) is 23.3 Å². The second-order valence-electron chi connectivity index (χ2n) is 8.17. The summed E-state index contributed by atoms with van der Waals surface area (Å²) < 4.78 is 86.3. The molecule has 176 valence electrons. The van der Waals surface area contributed by atoms with Crippen LogP contribution in [0.2, 0.25) is 0 Å². The molecule has 3 nitrogen and oxygen atoms in total. The Hall–Kier alpha value is -2.87. The van der Waals surface area contributed by atoms with Gasteiger partial charge in [-0.25, -0.2) is 12.8 Å². The van der Waals surface area contributed by atoms with Gasteiger partial charge in [-0.3, -0.25) is 0 Å². The number of methoxy groups -OCH3 is 1. The first-order valence-electron chi connectivity index (χ1n) is 10.2. The van der Waals surface area contributed by atoms with E-state index in [1.807, 2.05) is 0 Å². The van der Waals surface area contributed by atoms with E-state index in [-0.39, 0.29) is 27.7 Å². The van der Waals surface area contributed by atoms with Crippen LogP contribution < -0.4 is 4.74 Å². The fourth-order valence-electron chi connectivity index (χ4n) is 3.58. The van der Waals surface area contributed by atoms with E-state index in [1.165, 1.54) is 37.4 Å². The van der Waals surface area contributed by atoms with E-state index in [0.717, 1.165) is 17.7 Å². The van der Waals surface area contributed by atoms with Crippen LogP contribution in [-0.2, 0) is 21.8 Å². The first-order chi connectivity index (χ1) is 15.3. The van der Waals surface area contributed by atoms with Crippen LogP contribution in [0.5, 0.6) is 5.75 Å². The minimum atomic E-state index is -4.66. The number of rotatable bonds is 6. The molecule has 33 heavy (non-hydrogen) atoms. The minimum Gasteiger partial charge on any atom is -0.496 e. The Morgan fingerprint density at radius 1 is 0.939 bits per heavy atom. The maximum Gasteiger partial charge on any atom is 0.416 e. The maximum atomic E-state index is 14.5. The molecule has 0 amide bonds. The molecule has 0 saturated carbocycles. The number of ether oxygens (including phenoxy) is 1. The van der Waals surface area contributed by atoms with Gasteiger partial charge in [-0.05, 0) is 59.9 Å². The highest BCUT2D eigenvalue weighted by Crippen LogP contribution is 2.40. The van der Waals surface area contributed by atoms with Crippen molar-refractivity contribution in [3.8, 4) is 16.9 Å². The fourth-order valence-corrected chi connectivity index (χ4v) is 4.95. The van der Waals surface area contributed by atoms with Crippen LogP contribution >= 0.6 is 0 Å². The van der Waals surface area contributed by atoms with Crippen molar-refractivity contribution >= 4 is 9.84 Å². The second-order valence-corrected chi connectivity index (χ2v) is 10.2. The largest absolute Gasteiger partial charge is 0.496 e. The van der Waals surface area contributed by atoms with Gasteiger partial charge in [0.2, 0.25) is 0 Å². The first kappa shape index (κ1) is 24.8. The van der Waals surface area contributed by atoms with E-state index in [2.05, 4.69) is 0 Å². The molecule has 3 aromatic rings. The van der Waals surface area contributed by atoms with Crippen molar-refractivity contribution in [2.24, 2.45) is 0 Å². The van der Waals surface area contributed by atoms with Gasteiger partial charge in [0, 0.05) is 11.6 Å². The van der Waals surface area contributed by atoms with E-state index in [9.17, 15) is 26.0 Å². The van der Waals surface area contributed by atoms with Crippen LogP contribution in [-0.4, -0.2) is 15.5 Å². The average Bonchev–Trinajstić information content (AvgIpc) is 2.72. The third-order valence-corrected chi connectivity index (χ3v) is 7.07. The molecule has 0 atom stereocenters. The summed E-state index contributed by atoms with van der Waals surface area (Å²) in [6.45, 7) is 5.36. The van der Waals surface area contributed by atoms with Crippen molar-refractivity contribution in [1.82, 2.24) is 0 Å². The van der Waals surface area contributed by atoms with Gasteiger partial charge in [0.15, 0.2) is 9.84 Å². The third-order valence-electron chi connectivity index (χ3n) is 5.39. The normalized spacial score (nSPS) is 12.3. The molecule has 0 unspecified atom stereocenters. The Balaban J connectivity index is 2.24. The minimum absolute atomic E-state index is 0.00500. The molecule has 3 rings (SSSR count). The summed E-state index contributed by atoms with van der Waals surface area (Å²) in [5, 5.41) is 0. The van der Waals surface area contributed by atoms with Crippen LogP contribution in [0.4, 0.5) is 17.6 Å². The fraction of sp³-hybridized carbons (Fsp3) is 0.280. The summed E-state index contributed by atoms with van der Waals surface area (Å²) in [5.41, 5.74) is 0.738. The molecular weight excluding hydrogens is 456 g/mol. The summed E-state index contributed by atoms with van der Waals surface area (Å²) in [5.74, 6) is -1.27. The number of sulfone groups is 1. The number of aryl methyl sites for hydroxylation is 1. The van der Waals surface area contributed by atoms with Gasteiger partial charge in [-0.2, -0.15) is 13.2 Å². The summed E-state index contributed by atoms with van der Waals surface area (Å²) in [6, 6.07) is 11.7. The lowest BCUT2D eigenvalue weighted by Gasteiger charge is -2.18.